The average molecular weight is 513 g/mol. The largest absolute Gasteiger partial charge is 0.356 e. The van der Waals surface area contributed by atoms with Crippen molar-refractivity contribution in [1.82, 2.24) is 20.4 Å². The third-order valence-corrected chi connectivity index (χ3v) is 5.73. The molecule has 2 fully saturated rings. The van der Waals surface area contributed by atoms with Crippen LogP contribution >= 0.6 is 24.0 Å². The molecule has 162 valence electrons. The number of hydrogen-bond acceptors (Lipinski definition) is 3. The second-order valence-electron chi connectivity index (χ2n) is 7.93. The summed E-state index contributed by atoms with van der Waals surface area (Å²) in [4.78, 5) is 21.2. The molecule has 1 aromatic carbocycles. The minimum Gasteiger partial charge on any atom is -0.356 e. The van der Waals surface area contributed by atoms with Gasteiger partial charge in [-0.05, 0) is 50.9 Å². The van der Waals surface area contributed by atoms with Crippen LogP contribution in [-0.2, 0) is 11.2 Å². The molecule has 1 unspecified atom stereocenters. The van der Waals surface area contributed by atoms with Gasteiger partial charge >= 0.3 is 0 Å². The lowest BCUT2D eigenvalue weighted by Crippen LogP contribution is -2.41. The Morgan fingerprint density at radius 1 is 1.14 bits per heavy atom. The van der Waals surface area contributed by atoms with Crippen LogP contribution in [0.2, 0.25) is 0 Å². The number of hydrogen-bond donors (Lipinski definition) is 2. The molecule has 1 amide bonds. The first-order valence-electron chi connectivity index (χ1n) is 10.7. The van der Waals surface area contributed by atoms with Gasteiger partial charge in [0.25, 0.3) is 0 Å². The number of carbonyl (C=O) groups is 1. The fourth-order valence-electron chi connectivity index (χ4n) is 4.09. The summed E-state index contributed by atoms with van der Waals surface area (Å²) >= 11 is 0. The van der Waals surface area contributed by atoms with Gasteiger partial charge in [0, 0.05) is 45.6 Å². The number of amides is 1. The zero-order valence-corrected chi connectivity index (χ0v) is 19.9. The normalized spacial score (nSPS) is 20.0. The van der Waals surface area contributed by atoms with Gasteiger partial charge in [0.15, 0.2) is 5.96 Å². The lowest BCUT2D eigenvalue weighted by Gasteiger charge is -2.18. The van der Waals surface area contributed by atoms with E-state index in [4.69, 9.17) is 0 Å². The van der Waals surface area contributed by atoms with Crippen molar-refractivity contribution in [3.63, 3.8) is 0 Å². The quantitative estimate of drug-likeness (QED) is 0.231. The Morgan fingerprint density at radius 2 is 1.90 bits per heavy atom. The molecule has 3 rings (SSSR count). The average Bonchev–Trinajstić information content (AvgIpc) is 3.36. The smallest absolute Gasteiger partial charge is 0.223 e. The van der Waals surface area contributed by atoms with Gasteiger partial charge < -0.3 is 20.4 Å². The van der Waals surface area contributed by atoms with Gasteiger partial charge in [-0.2, -0.15) is 0 Å². The Bertz CT molecular complexity index is 633. The van der Waals surface area contributed by atoms with Crippen LogP contribution < -0.4 is 10.6 Å². The van der Waals surface area contributed by atoms with E-state index in [-0.39, 0.29) is 29.9 Å². The summed E-state index contributed by atoms with van der Waals surface area (Å²) in [5.41, 5.74) is 1.29. The van der Waals surface area contributed by atoms with E-state index in [1.165, 1.54) is 31.5 Å². The van der Waals surface area contributed by atoms with Crippen LogP contribution in [0.5, 0.6) is 0 Å². The van der Waals surface area contributed by atoms with Gasteiger partial charge in [-0.25, -0.2) is 0 Å². The third-order valence-electron chi connectivity index (χ3n) is 5.73. The second-order valence-corrected chi connectivity index (χ2v) is 7.93. The first-order chi connectivity index (χ1) is 13.7. The van der Waals surface area contributed by atoms with Crippen molar-refractivity contribution in [2.24, 2.45) is 10.9 Å². The minimum atomic E-state index is 0. The monoisotopic (exact) mass is 513 g/mol. The van der Waals surface area contributed by atoms with Crippen molar-refractivity contribution in [3.8, 4) is 0 Å². The molecule has 0 bridgehead atoms. The topological polar surface area (TPSA) is 60.0 Å². The van der Waals surface area contributed by atoms with Crippen molar-refractivity contribution < 1.29 is 4.79 Å². The molecular weight excluding hydrogens is 477 g/mol. The Labute approximate surface area is 192 Å². The molecule has 0 aliphatic carbocycles. The lowest BCUT2D eigenvalue weighted by atomic mass is 10.1. The summed E-state index contributed by atoms with van der Waals surface area (Å²) in [5, 5.41) is 6.80. The van der Waals surface area contributed by atoms with Crippen LogP contribution in [0, 0.1) is 5.92 Å². The molecule has 0 radical (unpaired) electrons. The summed E-state index contributed by atoms with van der Waals surface area (Å²) < 4.78 is 0. The van der Waals surface area contributed by atoms with Gasteiger partial charge in [0.2, 0.25) is 5.91 Å². The predicted molar refractivity (Wildman–Crippen MR) is 130 cm³/mol. The highest BCUT2D eigenvalue weighted by Gasteiger charge is 2.29. The van der Waals surface area contributed by atoms with Crippen LogP contribution in [0.4, 0.5) is 0 Å². The first-order valence-corrected chi connectivity index (χ1v) is 10.7. The number of nitrogens with zero attached hydrogens (tertiary/aromatic N) is 3. The number of rotatable bonds is 9. The molecule has 0 aromatic heterocycles. The minimum absolute atomic E-state index is 0. The standard InChI is InChI=1S/C22H35N5O.HI/c1-23-22(24-11-7-14-26-12-5-6-13-26)25-17-20-16-21(28)27(18-20)15-10-19-8-3-2-4-9-19;/h2-4,8-9,20H,5-7,10-18H2,1H3,(H2,23,24,25);1H. The van der Waals surface area contributed by atoms with E-state index in [9.17, 15) is 4.79 Å². The van der Waals surface area contributed by atoms with E-state index in [0.29, 0.717) is 12.3 Å². The highest BCUT2D eigenvalue weighted by atomic mass is 127. The van der Waals surface area contributed by atoms with E-state index in [1.54, 1.807) is 0 Å². The first kappa shape index (κ1) is 23.9. The highest BCUT2D eigenvalue weighted by molar-refractivity contribution is 14.0. The van der Waals surface area contributed by atoms with Crippen LogP contribution in [0.3, 0.4) is 0 Å². The molecule has 2 heterocycles. The summed E-state index contributed by atoms with van der Waals surface area (Å²) in [6.07, 6.45) is 5.38. The molecule has 2 N–H and O–H groups in total. The Balaban J connectivity index is 0.00000300. The zero-order valence-electron chi connectivity index (χ0n) is 17.6. The van der Waals surface area contributed by atoms with Crippen LogP contribution in [0.15, 0.2) is 35.3 Å². The SMILES string of the molecule is CN=C(NCCCN1CCCC1)NCC1CC(=O)N(CCc2ccccc2)C1.I. The number of carbonyl (C=O) groups excluding carboxylic acids is 1. The van der Waals surface area contributed by atoms with Crippen molar-refractivity contribution >= 4 is 35.8 Å². The van der Waals surface area contributed by atoms with Crippen molar-refractivity contribution in [2.75, 3.05) is 52.9 Å². The van der Waals surface area contributed by atoms with Crippen LogP contribution in [-0.4, -0.2) is 74.5 Å². The predicted octanol–water partition coefficient (Wildman–Crippen LogP) is 2.35. The summed E-state index contributed by atoms with van der Waals surface area (Å²) in [5.74, 6) is 1.47. The fourth-order valence-corrected chi connectivity index (χ4v) is 4.09. The van der Waals surface area contributed by atoms with Gasteiger partial charge in [0.1, 0.15) is 0 Å². The Morgan fingerprint density at radius 3 is 2.62 bits per heavy atom. The molecule has 6 nitrogen and oxygen atoms in total. The Hall–Kier alpha value is -1.35. The van der Waals surface area contributed by atoms with E-state index < -0.39 is 0 Å². The number of halogens is 1. The van der Waals surface area contributed by atoms with Crippen molar-refractivity contribution in [2.45, 2.75) is 32.1 Å². The molecule has 0 spiro atoms. The Kier molecular flexibility index (Phi) is 10.8. The lowest BCUT2D eigenvalue weighted by molar-refractivity contribution is -0.127. The molecular formula is C22H36IN5O. The summed E-state index contributed by atoms with van der Waals surface area (Å²) in [6, 6.07) is 10.4. The van der Waals surface area contributed by atoms with Gasteiger partial charge in [-0.1, -0.05) is 30.3 Å². The fraction of sp³-hybridized carbons (Fsp3) is 0.636. The molecule has 2 aliphatic rings. The van der Waals surface area contributed by atoms with Gasteiger partial charge in [-0.15, -0.1) is 24.0 Å². The van der Waals surface area contributed by atoms with Crippen molar-refractivity contribution in [1.29, 1.82) is 0 Å². The van der Waals surface area contributed by atoms with E-state index in [1.807, 2.05) is 18.0 Å². The van der Waals surface area contributed by atoms with Crippen LogP contribution in [0.25, 0.3) is 0 Å². The van der Waals surface area contributed by atoms with Crippen molar-refractivity contribution in [3.05, 3.63) is 35.9 Å². The molecule has 2 saturated heterocycles. The number of guanidine groups is 1. The molecule has 1 atom stereocenters. The van der Waals surface area contributed by atoms with Crippen LogP contribution in [0.1, 0.15) is 31.2 Å². The second kappa shape index (κ2) is 13.1. The molecule has 1 aromatic rings. The van der Waals surface area contributed by atoms with Gasteiger partial charge in [0.05, 0.1) is 0 Å². The van der Waals surface area contributed by atoms with E-state index in [0.717, 1.165) is 51.5 Å². The number of nitrogens with one attached hydrogen (secondary N) is 2. The summed E-state index contributed by atoms with van der Waals surface area (Å²) in [7, 11) is 1.81. The van der Waals surface area contributed by atoms with Gasteiger partial charge in [-0.3, -0.25) is 9.79 Å². The number of aliphatic imine (C=N–C) groups is 1. The highest BCUT2D eigenvalue weighted by Crippen LogP contribution is 2.17. The zero-order chi connectivity index (χ0) is 19.6. The number of benzene rings is 1. The maximum absolute atomic E-state index is 12.3. The molecule has 29 heavy (non-hydrogen) atoms. The summed E-state index contributed by atoms with van der Waals surface area (Å²) in [6.45, 7) is 7.04. The van der Waals surface area contributed by atoms with E-state index >= 15 is 0 Å². The maximum Gasteiger partial charge on any atom is 0.223 e. The van der Waals surface area contributed by atoms with E-state index in [2.05, 4.69) is 44.8 Å². The molecule has 0 saturated carbocycles. The number of likely N-dealkylation sites (tertiary alicyclic amines) is 2. The maximum atomic E-state index is 12.3. The third kappa shape index (κ3) is 8.12. The molecule has 7 heteroatoms. The molecule has 2 aliphatic heterocycles.